The van der Waals surface area contributed by atoms with Gasteiger partial charge in [-0.05, 0) is 18.6 Å². The van der Waals surface area contributed by atoms with Crippen molar-refractivity contribution in [3.8, 4) is 5.75 Å². The molecule has 0 fully saturated rings. The lowest BCUT2D eigenvalue weighted by Gasteiger charge is -2.20. The molecule has 0 radical (unpaired) electrons. The summed E-state index contributed by atoms with van der Waals surface area (Å²) in [6.45, 7) is 5.17. The first-order valence-electron chi connectivity index (χ1n) is 8.28. The molecule has 7 heteroatoms. The van der Waals surface area contributed by atoms with E-state index < -0.39 is 11.9 Å². The van der Waals surface area contributed by atoms with Crippen molar-refractivity contribution in [2.24, 2.45) is 5.92 Å². The fraction of sp³-hybridized carbons (Fsp3) is 0.556. The number of benzene rings is 1. The first kappa shape index (κ1) is 20.8. The number of aliphatic carboxylic acids is 1. The Balaban J connectivity index is 2.60. The lowest BCUT2D eigenvalue weighted by Crippen LogP contribution is -2.40. The van der Waals surface area contributed by atoms with Crippen LogP contribution < -0.4 is 10.1 Å². The van der Waals surface area contributed by atoms with Gasteiger partial charge in [0.15, 0.2) is 0 Å². The lowest BCUT2D eigenvalue weighted by molar-refractivity contribution is -0.141. The summed E-state index contributed by atoms with van der Waals surface area (Å²) in [6, 6.07) is 5.49. The summed E-state index contributed by atoms with van der Waals surface area (Å²) < 4.78 is 10.8. The number of methoxy groups -OCH3 is 1. The summed E-state index contributed by atoms with van der Waals surface area (Å²) in [5, 5.41) is 11.7. The van der Waals surface area contributed by atoms with Crippen LogP contribution in [0.15, 0.2) is 18.2 Å². The van der Waals surface area contributed by atoms with Crippen LogP contribution in [0.3, 0.4) is 0 Å². The molecule has 0 heterocycles. The van der Waals surface area contributed by atoms with E-state index in [-0.39, 0.29) is 12.6 Å². The van der Waals surface area contributed by atoms with Gasteiger partial charge in [0.25, 0.3) is 0 Å². The van der Waals surface area contributed by atoms with E-state index in [4.69, 9.17) is 14.6 Å². The third-order valence-electron chi connectivity index (χ3n) is 3.72. The summed E-state index contributed by atoms with van der Waals surface area (Å²) in [6.07, 6.45) is 0.784. The average Bonchev–Trinajstić information content (AvgIpc) is 2.57. The maximum atomic E-state index is 12.1. The van der Waals surface area contributed by atoms with Crippen molar-refractivity contribution in [3.05, 3.63) is 29.3 Å². The molecule has 25 heavy (non-hydrogen) atoms. The van der Waals surface area contributed by atoms with Gasteiger partial charge >= 0.3 is 12.0 Å². The van der Waals surface area contributed by atoms with E-state index in [9.17, 15) is 9.59 Å². The van der Waals surface area contributed by atoms with Crippen molar-refractivity contribution in [1.82, 2.24) is 10.2 Å². The monoisotopic (exact) mass is 352 g/mol. The second-order valence-corrected chi connectivity index (χ2v) is 6.08. The van der Waals surface area contributed by atoms with E-state index in [0.717, 1.165) is 23.3 Å². The molecule has 2 N–H and O–H groups in total. The molecule has 7 nitrogen and oxygen atoms in total. The third kappa shape index (κ3) is 7.43. The molecule has 1 aromatic rings. The van der Waals surface area contributed by atoms with E-state index in [0.29, 0.717) is 19.8 Å². The molecule has 0 aromatic heterocycles. The van der Waals surface area contributed by atoms with Crippen molar-refractivity contribution in [2.45, 2.75) is 26.8 Å². The molecule has 2 amide bonds. The zero-order chi connectivity index (χ0) is 18.8. The molecule has 0 aliphatic heterocycles. The van der Waals surface area contributed by atoms with Crippen molar-refractivity contribution in [1.29, 1.82) is 0 Å². The van der Waals surface area contributed by atoms with Crippen LogP contribution in [0.4, 0.5) is 4.79 Å². The molecular weight excluding hydrogens is 324 g/mol. The standard InChI is InChI=1S/C18H28N2O5/c1-13-6-7-15(16(10-13)25-9-5-8-24-4)11-19-18(23)20(3)12-14(2)17(21)22/h6-7,10,14H,5,8-9,11-12H2,1-4H3,(H,19,23)(H,21,22). The summed E-state index contributed by atoms with van der Waals surface area (Å²) in [5.74, 6) is -0.808. The van der Waals surface area contributed by atoms with E-state index in [2.05, 4.69) is 5.32 Å². The molecular formula is C18H28N2O5. The molecule has 0 saturated carbocycles. The average molecular weight is 352 g/mol. The second kappa shape index (κ2) is 10.6. The molecule has 140 valence electrons. The predicted molar refractivity (Wildman–Crippen MR) is 94.8 cm³/mol. The zero-order valence-electron chi connectivity index (χ0n) is 15.4. The highest BCUT2D eigenvalue weighted by Gasteiger charge is 2.17. The van der Waals surface area contributed by atoms with Crippen LogP contribution in [0.25, 0.3) is 0 Å². The van der Waals surface area contributed by atoms with Crippen molar-refractivity contribution in [3.63, 3.8) is 0 Å². The predicted octanol–water partition coefficient (Wildman–Crippen LogP) is 2.27. The minimum absolute atomic E-state index is 0.148. The number of carbonyl (C=O) groups excluding carboxylic acids is 1. The first-order valence-corrected chi connectivity index (χ1v) is 8.28. The summed E-state index contributed by atoms with van der Waals surface area (Å²) in [5.41, 5.74) is 1.94. The van der Waals surface area contributed by atoms with E-state index in [1.54, 1.807) is 21.1 Å². The molecule has 0 saturated heterocycles. The van der Waals surface area contributed by atoms with Gasteiger partial charge in [0.05, 0.1) is 12.5 Å². The summed E-state index contributed by atoms with van der Waals surface area (Å²) in [7, 11) is 3.22. The quantitative estimate of drug-likeness (QED) is 0.631. The number of hydrogen-bond acceptors (Lipinski definition) is 4. The Morgan fingerprint density at radius 2 is 2.04 bits per heavy atom. The van der Waals surface area contributed by atoms with E-state index >= 15 is 0 Å². The largest absolute Gasteiger partial charge is 0.493 e. The smallest absolute Gasteiger partial charge is 0.317 e. The molecule has 1 aromatic carbocycles. The molecule has 1 atom stereocenters. The minimum Gasteiger partial charge on any atom is -0.493 e. The highest BCUT2D eigenvalue weighted by Crippen LogP contribution is 2.20. The van der Waals surface area contributed by atoms with Gasteiger partial charge < -0.3 is 24.8 Å². The van der Waals surface area contributed by atoms with Gasteiger partial charge in [-0.1, -0.05) is 19.1 Å². The fourth-order valence-electron chi connectivity index (χ4n) is 2.21. The number of rotatable bonds is 10. The topological polar surface area (TPSA) is 88.1 Å². The number of carboxylic acids is 1. The number of nitrogens with one attached hydrogen (secondary N) is 1. The van der Waals surface area contributed by atoms with Gasteiger partial charge in [-0.2, -0.15) is 0 Å². The van der Waals surface area contributed by atoms with Crippen LogP contribution in [0.5, 0.6) is 5.75 Å². The van der Waals surface area contributed by atoms with E-state index in [1.807, 2.05) is 25.1 Å². The Kier molecular flexibility index (Phi) is 8.77. The van der Waals surface area contributed by atoms with Gasteiger partial charge in [0, 0.05) is 45.8 Å². The summed E-state index contributed by atoms with van der Waals surface area (Å²) >= 11 is 0. The number of nitrogens with zero attached hydrogens (tertiary/aromatic N) is 1. The van der Waals surface area contributed by atoms with Crippen molar-refractivity contribution >= 4 is 12.0 Å². The lowest BCUT2D eigenvalue weighted by atomic mass is 10.1. The highest BCUT2D eigenvalue weighted by molar-refractivity contribution is 5.75. The Morgan fingerprint density at radius 1 is 1.32 bits per heavy atom. The molecule has 0 aliphatic carbocycles. The normalized spacial score (nSPS) is 11.7. The van der Waals surface area contributed by atoms with Crippen LogP contribution in [-0.2, 0) is 16.1 Å². The number of carboxylic acid groups (broad SMARTS) is 1. The number of aryl methyl sites for hydroxylation is 1. The van der Waals surface area contributed by atoms with E-state index in [1.165, 1.54) is 4.90 Å². The molecule has 0 bridgehead atoms. The number of urea groups is 1. The first-order chi connectivity index (χ1) is 11.8. The summed E-state index contributed by atoms with van der Waals surface area (Å²) in [4.78, 5) is 24.4. The molecule has 1 rings (SSSR count). The van der Waals surface area contributed by atoms with Gasteiger partial charge in [-0.3, -0.25) is 4.79 Å². The number of hydrogen-bond donors (Lipinski definition) is 2. The zero-order valence-corrected chi connectivity index (χ0v) is 15.4. The number of amides is 2. The fourth-order valence-corrected chi connectivity index (χ4v) is 2.21. The number of carbonyl (C=O) groups is 2. The second-order valence-electron chi connectivity index (χ2n) is 6.08. The van der Waals surface area contributed by atoms with Gasteiger partial charge in [0.2, 0.25) is 0 Å². The van der Waals surface area contributed by atoms with Crippen LogP contribution in [0.2, 0.25) is 0 Å². The Labute approximate surface area is 148 Å². The molecule has 0 spiro atoms. The van der Waals surface area contributed by atoms with Gasteiger partial charge in [-0.15, -0.1) is 0 Å². The van der Waals surface area contributed by atoms with Gasteiger partial charge in [-0.25, -0.2) is 4.79 Å². The van der Waals surface area contributed by atoms with Crippen LogP contribution in [-0.4, -0.2) is 55.9 Å². The molecule has 0 aliphatic rings. The minimum atomic E-state index is -0.926. The van der Waals surface area contributed by atoms with Crippen LogP contribution in [0.1, 0.15) is 24.5 Å². The Hall–Kier alpha value is -2.28. The van der Waals surface area contributed by atoms with Crippen LogP contribution in [0, 0.1) is 12.8 Å². The molecule has 1 unspecified atom stereocenters. The van der Waals surface area contributed by atoms with Crippen LogP contribution >= 0.6 is 0 Å². The maximum absolute atomic E-state index is 12.1. The van der Waals surface area contributed by atoms with Crippen molar-refractivity contribution < 1.29 is 24.2 Å². The number of ether oxygens (including phenoxy) is 2. The maximum Gasteiger partial charge on any atom is 0.317 e. The van der Waals surface area contributed by atoms with Gasteiger partial charge in [0.1, 0.15) is 5.75 Å². The highest BCUT2D eigenvalue weighted by atomic mass is 16.5. The Morgan fingerprint density at radius 3 is 2.68 bits per heavy atom. The third-order valence-corrected chi connectivity index (χ3v) is 3.72. The SMILES string of the molecule is COCCCOc1cc(C)ccc1CNC(=O)N(C)CC(C)C(=O)O. The van der Waals surface area contributed by atoms with Crippen molar-refractivity contribution in [2.75, 3.05) is 33.9 Å². The Bertz CT molecular complexity index is 577.